The number of carboxylic acid groups (broad SMARTS) is 1. The number of likely N-dealkylation sites (tertiary alicyclic amines) is 1. The van der Waals surface area contributed by atoms with Crippen molar-refractivity contribution in [1.29, 1.82) is 0 Å². The van der Waals surface area contributed by atoms with Crippen molar-refractivity contribution in [3.63, 3.8) is 0 Å². The Labute approximate surface area is 148 Å². The van der Waals surface area contributed by atoms with E-state index in [-0.39, 0.29) is 35.5 Å². The molecule has 2 fully saturated rings. The zero-order chi connectivity index (χ0) is 18.8. The molecule has 142 valence electrons. The molecule has 1 saturated heterocycles. The van der Waals surface area contributed by atoms with E-state index < -0.39 is 12.1 Å². The summed E-state index contributed by atoms with van der Waals surface area (Å²) in [5, 5.41) is 17.7. The van der Waals surface area contributed by atoms with E-state index in [1.54, 1.807) is 4.90 Å². The molecule has 8 nitrogen and oxygen atoms in total. The zero-order valence-electron chi connectivity index (χ0n) is 15.5. The average molecular weight is 354 g/mol. The van der Waals surface area contributed by atoms with Crippen molar-refractivity contribution >= 4 is 17.9 Å². The fourth-order valence-electron chi connectivity index (χ4n) is 4.00. The SMILES string of the molecule is CC(=O)N[C@@H]1C[C@H](NC(C)(C)C)CC[C@@H]1N1CC[C@H](NC(=O)O)C1=O. The van der Waals surface area contributed by atoms with Crippen molar-refractivity contribution in [3.05, 3.63) is 0 Å². The van der Waals surface area contributed by atoms with Crippen molar-refractivity contribution in [1.82, 2.24) is 20.9 Å². The smallest absolute Gasteiger partial charge is 0.405 e. The minimum absolute atomic E-state index is 0.0156. The van der Waals surface area contributed by atoms with Crippen LogP contribution in [0, 0.1) is 0 Å². The van der Waals surface area contributed by atoms with Crippen LogP contribution < -0.4 is 16.0 Å². The van der Waals surface area contributed by atoms with Crippen LogP contribution >= 0.6 is 0 Å². The Morgan fingerprint density at radius 1 is 1.16 bits per heavy atom. The molecular weight excluding hydrogens is 324 g/mol. The van der Waals surface area contributed by atoms with Crippen LogP contribution in [0.2, 0.25) is 0 Å². The molecule has 25 heavy (non-hydrogen) atoms. The van der Waals surface area contributed by atoms with Crippen LogP contribution in [0.5, 0.6) is 0 Å². The number of carbonyl (C=O) groups is 3. The summed E-state index contributed by atoms with van der Waals surface area (Å²) in [4.78, 5) is 36.8. The number of hydrogen-bond acceptors (Lipinski definition) is 4. The Morgan fingerprint density at radius 3 is 2.40 bits per heavy atom. The van der Waals surface area contributed by atoms with Crippen molar-refractivity contribution in [2.24, 2.45) is 0 Å². The lowest BCUT2D eigenvalue weighted by Gasteiger charge is -2.43. The summed E-state index contributed by atoms with van der Waals surface area (Å²) in [7, 11) is 0. The highest BCUT2D eigenvalue weighted by Crippen LogP contribution is 2.28. The highest BCUT2D eigenvalue weighted by Gasteiger charge is 2.42. The third-order valence-electron chi connectivity index (χ3n) is 4.78. The second-order valence-corrected chi connectivity index (χ2v) is 8.10. The van der Waals surface area contributed by atoms with Gasteiger partial charge in [0.15, 0.2) is 0 Å². The number of rotatable bonds is 4. The van der Waals surface area contributed by atoms with Gasteiger partial charge in [0.25, 0.3) is 0 Å². The van der Waals surface area contributed by atoms with E-state index in [9.17, 15) is 14.4 Å². The summed E-state index contributed by atoms with van der Waals surface area (Å²) in [5.41, 5.74) is -0.0156. The van der Waals surface area contributed by atoms with E-state index in [1.165, 1.54) is 6.92 Å². The second kappa shape index (κ2) is 7.59. The molecule has 0 unspecified atom stereocenters. The molecule has 4 N–H and O–H groups in total. The average Bonchev–Trinajstić information content (AvgIpc) is 2.77. The van der Waals surface area contributed by atoms with E-state index in [0.717, 1.165) is 19.3 Å². The quantitative estimate of drug-likeness (QED) is 0.593. The third kappa shape index (κ3) is 5.32. The van der Waals surface area contributed by atoms with E-state index in [4.69, 9.17) is 5.11 Å². The van der Waals surface area contributed by atoms with Gasteiger partial charge in [-0.2, -0.15) is 0 Å². The summed E-state index contributed by atoms with van der Waals surface area (Å²) in [6.45, 7) is 8.33. The lowest BCUT2D eigenvalue weighted by Crippen LogP contribution is -2.59. The maximum Gasteiger partial charge on any atom is 0.405 e. The van der Waals surface area contributed by atoms with Crippen molar-refractivity contribution in [2.75, 3.05) is 6.54 Å². The van der Waals surface area contributed by atoms with Gasteiger partial charge in [-0.25, -0.2) is 4.79 Å². The molecule has 3 amide bonds. The van der Waals surface area contributed by atoms with Crippen molar-refractivity contribution in [2.45, 2.75) is 83.1 Å². The van der Waals surface area contributed by atoms with Gasteiger partial charge in [0, 0.05) is 25.0 Å². The first kappa shape index (κ1) is 19.5. The molecule has 4 atom stereocenters. The lowest BCUT2D eigenvalue weighted by atomic mass is 9.84. The van der Waals surface area contributed by atoms with Crippen LogP contribution in [0.1, 0.15) is 53.4 Å². The Morgan fingerprint density at radius 2 is 1.84 bits per heavy atom. The predicted molar refractivity (Wildman–Crippen MR) is 93.2 cm³/mol. The molecule has 2 rings (SSSR count). The fourth-order valence-corrected chi connectivity index (χ4v) is 4.00. The molecule has 1 saturated carbocycles. The molecule has 0 bridgehead atoms. The Hall–Kier alpha value is -1.83. The summed E-state index contributed by atoms with van der Waals surface area (Å²) in [5.74, 6) is -0.303. The van der Waals surface area contributed by atoms with Gasteiger partial charge in [-0.05, 0) is 46.5 Å². The lowest BCUT2D eigenvalue weighted by molar-refractivity contribution is -0.133. The van der Waals surface area contributed by atoms with E-state index in [0.29, 0.717) is 13.0 Å². The van der Waals surface area contributed by atoms with Crippen molar-refractivity contribution < 1.29 is 19.5 Å². The van der Waals surface area contributed by atoms with Crippen LogP contribution in [0.4, 0.5) is 4.79 Å². The first-order valence-electron chi connectivity index (χ1n) is 8.91. The topological polar surface area (TPSA) is 111 Å². The maximum absolute atomic E-state index is 12.6. The Kier molecular flexibility index (Phi) is 5.92. The molecule has 1 aliphatic carbocycles. The van der Waals surface area contributed by atoms with Gasteiger partial charge in [0.1, 0.15) is 6.04 Å². The third-order valence-corrected chi connectivity index (χ3v) is 4.78. The number of nitrogens with one attached hydrogen (secondary N) is 3. The summed E-state index contributed by atoms with van der Waals surface area (Å²) >= 11 is 0. The van der Waals surface area contributed by atoms with Crippen LogP contribution in [-0.4, -0.2) is 64.2 Å². The van der Waals surface area contributed by atoms with Gasteiger partial charge in [-0.3, -0.25) is 9.59 Å². The largest absolute Gasteiger partial charge is 0.465 e. The molecule has 1 aliphatic heterocycles. The molecule has 8 heteroatoms. The van der Waals surface area contributed by atoms with Gasteiger partial charge in [0.2, 0.25) is 11.8 Å². The monoisotopic (exact) mass is 354 g/mol. The van der Waals surface area contributed by atoms with Crippen molar-refractivity contribution in [3.8, 4) is 0 Å². The van der Waals surface area contributed by atoms with E-state index >= 15 is 0 Å². The first-order valence-corrected chi connectivity index (χ1v) is 8.91. The molecule has 0 aromatic rings. The normalized spacial score (nSPS) is 30.2. The molecule has 2 aliphatic rings. The second-order valence-electron chi connectivity index (χ2n) is 8.10. The zero-order valence-corrected chi connectivity index (χ0v) is 15.5. The van der Waals surface area contributed by atoms with Gasteiger partial charge in [0.05, 0.1) is 12.1 Å². The first-order chi connectivity index (χ1) is 11.6. The van der Waals surface area contributed by atoms with E-state index in [1.807, 2.05) is 0 Å². The Bertz CT molecular complexity index is 531. The highest BCUT2D eigenvalue weighted by molar-refractivity contribution is 5.87. The highest BCUT2D eigenvalue weighted by atomic mass is 16.4. The molecule has 0 spiro atoms. The van der Waals surface area contributed by atoms with Crippen LogP contribution in [0.3, 0.4) is 0 Å². The molecular formula is C17H30N4O4. The van der Waals surface area contributed by atoms with Crippen LogP contribution in [0.15, 0.2) is 0 Å². The molecule has 0 aromatic carbocycles. The fraction of sp³-hybridized carbons (Fsp3) is 0.824. The predicted octanol–water partition coefficient (Wildman–Crippen LogP) is 0.669. The number of amides is 3. The summed E-state index contributed by atoms with van der Waals surface area (Å²) < 4.78 is 0. The number of carbonyl (C=O) groups excluding carboxylic acids is 2. The Balaban J connectivity index is 2.07. The number of hydrogen-bond donors (Lipinski definition) is 4. The minimum Gasteiger partial charge on any atom is -0.465 e. The van der Waals surface area contributed by atoms with Gasteiger partial charge in [-0.1, -0.05) is 0 Å². The molecule has 0 aromatic heterocycles. The van der Waals surface area contributed by atoms with Gasteiger partial charge < -0.3 is 26.0 Å². The summed E-state index contributed by atoms with van der Waals surface area (Å²) in [6, 6.07) is -0.617. The summed E-state index contributed by atoms with van der Waals surface area (Å²) in [6.07, 6.45) is 1.74. The van der Waals surface area contributed by atoms with Gasteiger partial charge >= 0.3 is 6.09 Å². The number of nitrogens with zero attached hydrogens (tertiary/aromatic N) is 1. The van der Waals surface area contributed by atoms with E-state index in [2.05, 4.69) is 36.7 Å². The van der Waals surface area contributed by atoms with Crippen LogP contribution in [-0.2, 0) is 9.59 Å². The minimum atomic E-state index is -1.18. The molecule has 0 radical (unpaired) electrons. The van der Waals surface area contributed by atoms with Crippen LogP contribution in [0.25, 0.3) is 0 Å². The molecule has 1 heterocycles. The maximum atomic E-state index is 12.6. The van der Waals surface area contributed by atoms with Gasteiger partial charge in [-0.15, -0.1) is 0 Å². The standard InChI is InChI=1S/C17H30N4O4/c1-10(22)18-13-9-11(20-17(2,3)4)5-6-14(13)21-8-7-12(15(21)23)19-16(24)25/h11-14,19-20H,5-9H2,1-4H3,(H,18,22)(H,24,25)/t11-,12+,13-,14+/m1/s1.